The van der Waals surface area contributed by atoms with Gasteiger partial charge in [-0.25, -0.2) is 0 Å². The van der Waals surface area contributed by atoms with Gasteiger partial charge in [-0.05, 0) is 18.2 Å². The Morgan fingerprint density at radius 3 is 2.79 bits per heavy atom. The minimum Gasteiger partial charge on any atom is -0.496 e. The fourth-order valence-corrected chi connectivity index (χ4v) is 2.24. The number of hydrogen-bond acceptors (Lipinski definition) is 5. The Bertz CT molecular complexity index is 745. The molecule has 6 heteroatoms. The van der Waals surface area contributed by atoms with Crippen LogP contribution in [0.2, 0.25) is 0 Å². The van der Waals surface area contributed by atoms with E-state index in [-0.39, 0.29) is 25.3 Å². The molecule has 1 aromatic heterocycles. The van der Waals surface area contributed by atoms with Gasteiger partial charge in [-0.3, -0.25) is 4.79 Å². The van der Waals surface area contributed by atoms with Crippen molar-refractivity contribution in [3.05, 3.63) is 59.6 Å². The van der Waals surface area contributed by atoms with E-state index in [1.165, 1.54) is 17.2 Å². The Hall–Kier alpha value is -3.04. The van der Waals surface area contributed by atoms with E-state index < -0.39 is 5.91 Å². The third-order valence-electron chi connectivity index (χ3n) is 3.39. The molecule has 6 nitrogen and oxygen atoms in total. The number of hydrogen-bond donors (Lipinski definition) is 1. The average molecular weight is 326 g/mol. The summed E-state index contributed by atoms with van der Waals surface area (Å²) in [5.74, 6) is 0.580. The van der Waals surface area contributed by atoms with Crippen molar-refractivity contribution in [2.24, 2.45) is 0 Å². The quantitative estimate of drug-likeness (QED) is 0.623. The highest BCUT2D eigenvalue weighted by molar-refractivity contribution is 6.01. The predicted octanol–water partition coefficient (Wildman–Crippen LogP) is 2.22. The summed E-state index contributed by atoms with van der Waals surface area (Å²) in [7, 11) is 1.55. The highest BCUT2D eigenvalue weighted by Crippen LogP contribution is 2.20. The maximum atomic E-state index is 12.6. The molecule has 124 valence electrons. The third-order valence-corrected chi connectivity index (χ3v) is 3.39. The number of carbonyl (C=O) groups is 1. The maximum absolute atomic E-state index is 12.6. The summed E-state index contributed by atoms with van der Waals surface area (Å²) < 4.78 is 10.4. The number of para-hydroxylation sites is 1. The number of furan rings is 1. The highest BCUT2D eigenvalue weighted by atomic mass is 16.5. The van der Waals surface area contributed by atoms with Crippen LogP contribution in [0.25, 0.3) is 6.08 Å². The van der Waals surface area contributed by atoms with Crippen LogP contribution < -0.4 is 4.74 Å². The molecule has 1 N–H and O–H groups in total. The van der Waals surface area contributed by atoms with Gasteiger partial charge in [0, 0.05) is 24.7 Å². The minimum atomic E-state index is -0.478. The normalized spacial score (nSPS) is 11.0. The summed E-state index contributed by atoms with van der Waals surface area (Å²) in [5.41, 5.74) is 0.727. The molecule has 0 aliphatic heterocycles. The van der Waals surface area contributed by atoms with Gasteiger partial charge in [0.05, 0.1) is 20.0 Å². The van der Waals surface area contributed by atoms with Crippen LogP contribution in [0.4, 0.5) is 0 Å². The number of ether oxygens (including phenoxy) is 1. The Kier molecular flexibility index (Phi) is 6.17. The van der Waals surface area contributed by atoms with E-state index in [1.54, 1.807) is 25.3 Å². The molecule has 0 saturated heterocycles. The minimum absolute atomic E-state index is 0.0618. The lowest BCUT2D eigenvalue weighted by Crippen LogP contribution is -2.34. The molecular weight excluding hydrogens is 308 g/mol. The van der Waals surface area contributed by atoms with Crippen LogP contribution in [0.1, 0.15) is 11.3 Å². The lowest BCUT2D eigenvalue weighted by Gasteiger charge is -2.22. The number of rotatable bonds is 7. The molecule has 0 unspecified atom stereocenters. The van der Waals surface area contributed by atoms with Crippen LogP contribution in [0.3, 0.4) is 0 Å². The summed E-state index contributed by atoms with van der Waals surface area (Å²) in [6, 6.07) is 12.5. The number of nitriles is 1. The summed E-state index contributed by atoms with van der Waals surface area (Å²) in [6.07, 6.45) is 2.85. The first-order valence-electron chi connectivity index (χ1n) is 7.37. The number of aliphatic hydroxyl groups excluding tert-OH is 1. The number of amides is 1. The molecule has 2 aromatic rings. The smallest absolute Gasteiger partial charge is 0.265 e. The third kappa shape index (κ3) is 4.24. The topological polar surface area (TPSA) is 86.7 Å². The van der Waals surface area contributed by atoms with Gasteiger partial charge in [-0.2, -0.15) is 5.26 Å². The van der Waals surface area contributed by atoms with E-state index >= 15 is 0 Å². The van der Waals surface area contributed by atoms with Crippen molar-refractivity contribution in [1.82, 2.24) is 4.90 Å². The van der Waals surface area contributed by atoms with Crippen molar-refractivity contribution < 1.29 is 19.1 Å². The average Bonchev–Trinajstić information content (AvgIpc) is 3.12. The molecule has 0 bridgehead atoms. The maximum Gasteiger partial charge on any atom is 0.265 e. The van der Waals surface area contributed by atoms with Gasteiger partial charge >= 0.3 is 0 Å². The Morgan fingerprint density at radius 2 is 2.17 bits per heavy atom. The van der Waals surface area contributed by atoms with E-state index in [1.807, 2.05) is 24.3 Å². The molecule has 0 saturated carbocycles. The molecule has 1 amide bonds. The van der Waals surface area contributed by atoms with Gasteiger partial charge in [0.15, 0.2) is 0 Å². The Balaban J connectivity index is 2.25. The molecule has 0 aliphatic rings. The van der Waals surface area contributed by atoms with Crippen LogP contribution in [0.5, 0.6) is 5.75 Å². The number of aliphatic hydroxyl groups is 1. The van der Waals surface area contributed by atoms with Crippen LogP contribution in [0, 0.1) is 11.3 Å². The zero-order valence-corrected chi connectivity index (χ0v) is 13.3. The molecule has 0 spiro atoms. The fourth-order valence-electron chi connectivity index (χ4n) is 2.24. The molecular formula is C18H18N2O4. The first-order valence-corrected chi connectivity index (χ1v) is 7.37. The zero-order valence-electron chi connectivity index (χ0n) is 13.3. The molecule has 24 heavy (non-hydrogen) atoms. The number of carbonyl (C=O) groups excluding carboxylic acids is 1. The monoisotopic (exact) mass is 326 g/mol. The second-order valence-corrected chi connectivity index (χ2v) is 4.95. The predicted molar refractivity (Wildman–Crippen MR) is 87.8 cm³/mol. The molecule has 1 aromatic carbocycles. The van der Waals surface area contributed by atoms with Crippen LogP contribution in [-0.2, 0) is 11.3 Å². The fraction of sp³-hybridized carbons (Fsp3) is 0.222. The van der Waals surface area contributed by atoms with Crippen molar-refractivity contribution in [1.29, 1.82) is 5.26 Å². The molecule has 0 aliphatic carbocycles. The van der Waals surface area contributed by atoms with Crippen molar-refractivity contribution in [3.8, 4) is 11.8 Å². The van der Waals surface area contributed by atoms with Crippen LogP contribution in [0.15, 0.2) is 52.7 Å². The second kappa shape index (κ2) is 8.56. The van der Waals surface area contributed by atoms with Crippen molar-refractivity contribution in [3.63, 3.8) is 0 Å². The van der Waals surface area contributed by atoms with Gasteiger partial charge in [0.1, 0.15) is 23.2 Å². The first kappa shape index (κ1) is 17.3. The van der Waals surface area contributed by atoms with Crippen molar-refractivity contribution in [2.45, 2.75) is 6.54 Å². The largest absolute Gasteiger partial charge is 0.496 e. The number of benzene rings is 1. The van der Waals surface area contributed by atoms with E-state index in [0.29, 0.717) is 11.5 Å². The number of nitrogens with zero attached hydrogens (tertiary/aromatic N) is 2. The SMILES string of the molecule is COc1ccccc1CN(CCO)C(=O)/C(C#N)=C/c1ccco1. The molecule has 0 atom stereocenters. The Morgan fingerprint density at radius 1 is 1.38 bits per heavy atom. The van der Waals surface area contributed by atoms with Crippen LogP contribution >= 0.6 is 0 Å². The Labute approximate surface area is 140 Å². The summed E-state index contributed by atoms with van der Waals surface area (Å²) in [6.45, 7) is 0.120. The zero-order chi connectivity index (χ0) is 17.4. The summed E-state index contributed by atoms with van der Waals surface area (Å²) in [5, 5.41) is 18.5. The highest BCUT2D eigenvalue weighted by Gasteiger charge is 2.20. The lowest BCUT2D eigenvalue weighted by atomic mass is 10.1. The van der Waals surface area contributed by atoms with E-state index in [2.05, 4.69) is 0 Å². The van der Waals surface area contributed by atoms with E-state index in [0.717, 1.165) is 5.56 Å². The first-order chi connectivity index (χ1) is 11.7. The van der Waals surface area contributed by atoms with Crippen molar-refractivity contribution in [2.75, 3.05) is 20.3 Å². The number of methoxy groups -OCH3 is 1. The van der Waals surface area contributed by atoms with Crippen molar-refractivity contribution >= 4 is 12.0 Å². The molecule has 2 rings (SSSR count). The molecule has 0 fully saturated rings. The lowest BCUT2D eigenvalue weighted by molar-refractivity contribution is -0.127. The molecule has 1 heterocycles. The van der Waals surface area contributed by atoms with Gasteiger partial charge in [0.2, 0.25) is 0 Å². The van der Waals surface area contributed by atoms with Gasteiger partial charge in [-0.1, -0.05) is 18.2 Å². The standard InChI is InChI=1S/C18H18N2O4/c1-23-17-7-3-2-5-14(17)13-20(8-9-21)18(22)15(12-19)11-16-6-4-10-24-16/h2-7,10-11,21H,8-9,13H2,1H3/b15-11+. The van der Waals surface area contributed by atoms with E-state index in [4.69, 9.17) is 9.15 Å². The van der Waals surface area contributed by atoms with Gasteiger partial charge < -0.3 is 19.2 Å². The van der Waals surface area contributed by atoms with E-state index in [9.17, 15) is 15.2 Å². The van der Waals surface area contributed by atoms with Gasteiger partial charge in [0.25, 0.3) is 5.91 Å². The molecule has 0 radical (unpaired) electrons. The summed E-state index contributed by atoms with van der Waals surface area (Å²) in [4.78, 5) is 14.0. The van der Waals surface area contributed by atoms with Gasteiger partial charge in [-0.15, -0.1) is 0 Å². The summed E-state index contributed by atoms with van der Waals surface area (Å²) >= 11 is 0. The second-order valence-electron chi connectivity index (χ2n) is 4.95. The van der Waals surface area contributed by atoms with Crippen LogP contribution in [-0.4, -0.2) is 36.2 Å².